The van der Waals surface area contributed by atoms with Crippen molar-refractivity contribution >= 4 is 15.9 Å². The summed E-state index contributed by atoms with van der Waals surface area (Å²) >= 11 is 0. The lowest BCUT2D eigenvalue weighted by molar-refractivity contribution is -0.134. The summed E-state index contributed by atoms with van der Waals surface area (Å²) < 4.78 is 34.4. The first kappa shape index (κ1) is 22.4. The lowest BCUT2D eigenvalue weighted by Gasteiger charge is -2.40. The Hall–Kier alpha value is -2.80. The van der Waals surface area contributed by atoms with Crippen LogP contribution < -0.4 is 0 Å². The van der Waals surface area contributed by atoms with Gasteiger partial charge in [0.2, 0.25) is 15.9 Å². The van der Waals surface area contributed by atoms with Crippen molar-refractivity contribution in [2.24, 2.45) is 5.92 Å². The second kappa shape index (κ2) is 9.36. The quantitative estimate of drug-likeness (QED) is 0.618. The van der Waals surface area contributed by atoms with Gasteiger partial charge in [-0.05, 0) is 49.6 Å². The molecule has 1 amide bonds. The van der Waals surface area contributed by atoms with E-state index in [4.69, 9.17) is 11.2 Å². The van der Waals surface area contributed by atoms with Crippen molar-refractivity contribution in [2.45, 2.75) is 36.2 Å². The van der Waals surface area contributed by atoms with E-state index in [1.807, 2.05) is 0 Å². The number of rotatable bonds is 6. The Labute approximate surface area is 188 Å². The van der Waals surface area contributed by atoms with E-state index in [0.29, 0.717) is 37.4 Å². The predicted octanol–water partition coefficient (Wildman–Crippen LogP) is 1.79. The maximum atomic E-state index is 13.8. The van der Waals surface area contributed by atoms with Crippen LogP contribution in [0.1, 0.15) is 19.3 Å². The fourth-order valence-corrected chi connectivity index (χ4v) is 6.60. The molecule has 3 atom stereocenters. The molecule has 4 rings (SSSR count). The number of amides is 1. The highest BCUT2D eigenvalue weighted by molar-refractivity contribution is 7.89. The minimum Gasteiger partial charge on any atom is -0.384 e. The van der Waals surface area contributed by atoms with Gasteiger partial charge in [0.1, 0.15) is 6.04 Å². The number of hydrogen-bond donors (Lipinski definition) is 0. The minimum atomic E-state index is -3.93. The summed E-state index contributed by atoms with van der Waals surface area (Å²) in [5.41, 5.74) is 0.717. The molecule has 8 nitrogen and oxygen atoms in total. The van der Waals surface area contributed by atoms with Gasteiger partial charge in [-0.2, -0.15) is 4.31 Å². The molecule has 0 aliphatic carbocycles. The average molecular weight is 455 g/mol. The van der Waals surface area contributed by atoms with Gasteiger partial charge in [0.25, 0.3) is 0 Å². The molecule has 168 valence electrons. The van der Waals surface area contributed by atoms with E-state index in [2.05, 4.69) is 15.9 Å². The second-order valence-electron chi connectivity index (χ2n) is 8.08. The zero-order valence-corrected chi connectivity index (χ0v) is 18.7. The molecule has 0 unspecified atom stereocenters. The summed E-state index contributed by atoms with van der Waals surface area (Å²) in [5.74, 6) is 2.66. The highest BCUT2D eigenvalue weighted by Gasteiger charge is 2.49. The third-order valence-electron chi connectivity index (χ3n) is 6.12. The van der Waals surface area contributed by atoms with Crippen LogP contribution in [0.5, 0.6) is 0 Å². The number of carbonyl (C=O) groups is 1. The van der Waals surface area contributed by atoms with E-state index in [1.54, 1.807) is 54.7 Å². The molecule has 0 spiro atoms. The van der Waals surface area contributed by atoms with Crippen LogP contribution in [0, 0.1) is 18.3 Å². The second-order valence-corrected chi connectivity index (χ2v) is 9.93. The van der Waals surface area contributed by atoms with Gasteiger partial charge >= 0.3 is 0 Å². The van der Waals surface area contributed by atoms with Crippen LogP contribution in [-0.2, 0) is 19.6 Å². The number of fused-ring (bicyclic) bond motifs is 2. The molecule has 0 saturated carbocycles. The van der Waals surface area contributed by atoms with Gasteiger partial charge in [-0.15, -0.1) is 6.42 Å². The van der Waals surface area contributed by atoms with Crippen molar-refractivity contribution in [1.82, 2.24) is 19.2 Å². The number of carbonyl (C=O) groups excluding carboxylic acids is 1. The Balaban J connectivity index is 1.72. The maximum Gasteiger partial charge on any atom is 0.244 e. The smallest absolute Gasteiger partial charge is 0.244 e. The van der Waals surface area contributed by atoms with E-state index in [-0.39, 0.29) is 29.3 Å². The largest absolute Gasteiger partial charge is 0.384 e. The first-order chi connectivity index (χ1) is 15.5. The molecule has 1 aromatic heterocycles. The minimum absolute atomic E-state index is 0.142. The van der Waals surface area contributed by atoms with E-state index >= 15 is 0 Å². The molecule has 2 saturated heterocycles. The summed E-state index contributed by atoms with van der Waals surface area (Å²) in [5, 5.41) is 0. The number of nitrogens with zero attached hydrogens (tertiary/aromatic N) is 4. The molecular formula is C23H26N4O4S. The number of benzene rings is 1. The number of ether oxygens (including phenoxy) is 1. The number of methoxy groups -OCH3 is 1. The number of hydrogen-bond acceptors (Lipinski definition) is 6. The van der Waals surface area contributed by atoms with Crippen LogP contribution in [-0.4, -0.2) is 72.4 Å². The summed E-state index contributed by atoms with van der Waals surface area (Å²) in [6.07, 6.45) is 10.7. The third kappa shape index (κ3) is 4.13. The first-order valence-electron chi connectivity index (χ1n) is 10.6. The molecule has 32 heavy (non-hydrogen) atoms. The molecule has 3 heterocycles. The molecule has 9 heteroatoms. The Morgan fingerprint density at radius 1 is 1.19 bits per heavy atom. The van der Waals surface area contributed by atoms with Crippen molar-refractivity contribution in [1.29, 1.82) is 0 Å². The average Bonchev–Trinajstić information content (AvgIpc) is 2.88. The Kier molecular flexibility index (Phi) is 6.55. The molecule has 2 aromatic rings. The van der Waals surface area contributed by atoms with Crippen LogP contribution in [0.4, 0.5) is 0 Å². The molecule has 2 fully saturated rings. The molecule has 2 aliphatic heterocycles. The van der Waals surface area contributed by atoms with Crippen LogP contribution in [0.2, 0.25) is 0 Å². The molecule has 2 aliphatic rings. The molecule has 2 bridgehead atoms. The van der Waals surface area contributed by atoms with Crippen molar-refractivity contribution in [2.75, 3.05) is 26.8 Å². The molecule has 1 aromatic carbocycles. The van der Waals surface area contributed by atoms with E-state index in [9.17, 15) is 13.2 Å². The van der Waals surface area contributed by atoms with Crippen molar-refractivity contribution < 1.29 is 17.9 Å². The van der Waals surface area contributed by atoms with E-state index in [1.165, 1.54) is 4.31 Å². The van der Waals surface area contributed by atoms with E-state index in [0.717, 1.165) is 6.42 Å². The zero-order chi connectivity index (χ0) is 22.7. The Morgan fingerprint density at radius 3 is 2.56 bits per heavy atom. The first-order valence-corrected chi connectivity index (χ1v) is 12.0. The lowest BCUT2D eigenvalue weighted by atomic mass is 9.91. The van der Waals surface area contributed by atoms with Crippen molar-refractivity contribution in [3.05, 3.63) is 42.7 Å². The monoisotopic (exact) mass is 454 g/mol. The van der Waals surface area contributed by atoms with E-state index < -0.39 is 16.1 Å². The highest BCUT2D eigenvalue weighted by atomic mass is 32.2. The number of piperidine rings is 1. The summed E-state index contributed by atoms with van der Waals surface area (Å²) in [4.78, 5) is 23.4. The third-order valence-corrected chi connectivity index (χ3v) is 8.07. The van der Waals surface area contributed by atoms with Gasteiger partial charge in [-0.3, -0.25) is 4.79 Å². The Morgan fingerprint density at radius 2 is 1.91 bits per heavy atom. The highest BCUT2D eigenvalue weighted by Crippen LogP contribution is 2.37. The fourth-order valence-electron chi connectivity index (χ4n) is 4.71. The van der Waals surface area contributed by atoms with Gasteiger partial charge < -0.3 is 9.64 Å². The van der Waals surface area contributed by atoms with Gasteiger partial charge in [0.15, 0.2) is 5.82 Å². The number of sulfonamides is 1. The van der Waals surface area contributed by atoms with Gasteiger partial charge in [-0.1, -0.05) is 5.92 Å². The molecule has 0 N–H and O–H groups in total. The molecule has 0 radical (unpaired) electrons. The fraction of sp³-hybridized carbons (Fsp3) is 0.435. The van der Waals surface area contributed by atoms with Crippen LogP contribution >= 0.6 is 0 Å². The van der Waals surface area contributed by atoms with Crippen LogP contribution in [0.25, 0.3) is 11.4 Å². The van der Waals surface area contributed by atoms with Gasteiger partial charge in [0, 0.05) is 43.6 Å². The predicted molar refractivity (Wildman–Crippen MR) is 119 cm³/mol. The SMILES string of the molecule is C#CCN1C[C@H](COC)[C@H]2CCC[C@@H](C1=O)N2S(=O)(=O)c1ccc(-c2ncccn2)cc1. The normalized spacial score (nSPS) is 24.1. The summed E-state index contributed by atoms with van der Waals surface area (Å²) in [6, 6.07) is 7.11. The zero-order valence-electron chi connectivity index (χ0n) is 17.9. The van der Waals surface area contributed by atoms with Crippen LogP contribution in [0.3, 0.4) is 0 Å². The number of terminal acetylenes is 1. The summed E-state index contributed by atoms with van der Waals surface area (Å²) in [7, 11) is -2.34. The summed E-state index contributed by atoms with van der Waals surface area (Å²) in [6.45, 7) is 0.887. The van der Waals surface area contributed by atoms with Crippen molar-refractivity contribution in [3.63, 3.8) is 0 Å². The van der Waals surface area contributed by atoms with Crippen molar-refractivity contribution in [3.8, 4) is 23.7 Å². The number of aromatic nitrogens is 2. The van der Waals surface area contributed by atoms with Gasteiger partial charge in [0.05, 0.1) is 18.0 Å². The standard InChI is InChI=1S/C23H26N4O4S/c1-3-14-26-15-18(16-31-2)20-6-4-7-21(23(26)28)27(20)32(29,30)19-10-8-17(9-11-19)22-24-12-5-13-25-22/h1,5,8-13,18,20-21H,4,6-7,14-16H2,2H3/t18-,20-,21+/m1/s1. The lowest BCUT2D eigenvalue weighted by Crippen LogP contribution is -2.55. The van der Waals surface area contributed by atoms with Gasteiger partial charge in [-0.25, -0.2) is 18.4 Å². The van der Waals surface area contributed by atoms with Crippen LogP contribution in [0.15, 0.2) is 47.6 Å². The molecular weight excluding hydrogens is 428 g/mol. The topological polar surface area (TPSA) is 92.7 Å². The Bertz CT molecular complexity index is 1100. The maximum absolute atomic E-state index is 13.8.